The molecule has 0 amide bonds. The molecule has 0 radical (unpaired) electrons. The van der Waals surface area contributed by atoms with Crippen molar-refractivity contribution in [2.24, 2.45) is 0 Å². The van der Waals surface area contributed by atoms with E-state index in [0.29, 0.717) is 16.8 Å². The average Bonchev–Trinajstić information content (AvgIpc) is 2.93. The number of hydrogen-bond acceptors (Lipinski definition) is 6. The Balaban J connectivity index is 2.38. The molecular weight excluding hydrogens is 282 g/mol. The minimum absolute atomic E-state index is 0.122. The van der Waals surface area contributed by atoms with E-state index >= 15 is 0 Å². The highest BCUT2D eigenvalue weighted by molar-refractivity contribution is 5.72. The molecule has 0 fully saturated rings. The van der Waals surface area contributed by atoms with Crippen LogP contribution in [0.2, 0.25) is 0 Å². The van der Waals surface area contributed by atoms with Gasteiger partial charge in [0, 0.05) is 33.3 Å². The Labute approximate surface area is 130 Å². The second kappa shape index (κ2) is 7.11. The Morgan fingerprint density at radius 1 is 1.32 bits per heavy atom. The van der Waals surface area contributed by atoms with Crippen molar-refractivity contribution < 1.29 is 9.47 Å². The van der Waals surface area contributed by atoms with Crippen molar-refractivity contribution in [3.63, 3.8) is 0 Å². The average molecular weight is 303 g/mol. The maximum atomic E-state index is 9.19. The van der Waals surface area contributed by atoms with E-state index in [-0.39, 0.29) is 6.79 Å². The largest absolute Gasteiger partial charge is 0.465 e. The topological polar surface area (TPSA) is 66.0 Å². The van der Waals surface area contributed by atoms with Gasteiger partial charge >= 0.3 is 0 Å². The van der Waals surface area contributed by atoms with Crippen molar-refractivity contribution in [3.8, 4) is 11.8 Å². The number of hydrogen-bond donors (Lipinski definition) is 0. The first-order chi connectivity index (χ1) is 10.6. The number of likely N-dealkylation sites (N-methyl/N-ethyl adjacent to an activating group) is 2. The van der Waals surface area contributed by atoms with Crippen LogP contribution in [0.5, 0.6) is 5.75 Å². The molecular formula is C15H21N5O2. The van der Waals surface area contributed by atoms with E-state index in [9.17, 15) is 5.26 Å². The molecule has 0 bridgehead atoms. The number of aromatic nitrogens is 2. The lowest BCUT2D eigenvalue weighted by molar-refractivity contribution is 0.0519. The van der Waals surface area contributed by atoms with Gasteiger partial charge in [0.05, 0.1) is 18.1 Å². The fraction of sp³-hybridized carbons (Fsp3) is 0.467. The molecule has 0 saturated carbocycles. The van der Waals surface area contributed by atoms with Crippen molar-refractivity contribution in [2.75, 3.05) is 53.0 Å². The SMILES string of the molecule is COCOc1cc(N(C)CCN(C)C)cn2ncc(C#N)c12. The second-order valence-electron chi connectivity index (χ2n) is 5.30. The van der Waals surface area contributed by atoms with E-state index in [4.69, 9.17) is 9.47 Å². The lowest BCUT2D eigenvalue weighted by Gasteiger charge is -2.22. The van der Waals surface area contributed by atoms with E-state index in [1.54, 1.807) is 17.8 Å². The Morgan fingerprint density at radius 3 is 2.73 bits per heavy atom. The maximum absolute atomic E-state index is 9.19. The maximum Gasteiger partial charge on any atom is 0.188 e. The van der Waals surface area contributed by atoms with E-state index in [1.807, 2.05) is 33.4 Å². The van der Waals surface area contributed by atoms with Crippen molar-refractivity contribution >= 4 is 11.2 Å². The lowest BCUT2D eigenvalue weighted by atomic mass is 10.2. The van der Waals surface area contributed by atoms with E-state index in [2.05, 4.69) is 21.0 Å². The number of nitrogens with zero attached hydrogens (tertiary/aromatic N) is 5. The summed E-state index contributed by atoms with van der Waals surface area (Å²) >= 11 is 0. The van der Waals surface area contributed by atoms with Crippen LogP contribution in [0.3, 0.4) is 0 Å². The molecule has 118 valence electrons. The number of ether oxygens (including phenoxy) is 2. The second-order valence-corrected chi connectivity index (χ2v) is 5.30. The van der Waals surface area contributed by atoms with Crippen LogP contribution in [0.15, 0.2) is 18.5 Å². The van der Waals surface area contributed by atoms with Crippen molar-refractivity contribution in [3.05, 3.63) is 24.0 Å². The van der Waals surface area contributed by atoms with Gasteiger partial charge in [-0.1, -0.05) is 0 Å². The van der Waals surface area contributed by atoms with Gasteiger partial charge in [-0.15, -0.1) is 0 Å². The first-order valence-electron chi connectivity index (χ1n) is 6.96. The van der Waals surface area contributed by atoms with Gasteiger partial charge in [-0.3, -0.25) is 0 Å². The highest BCUT2D eigenvalue weighted by Crippen LogP contribution is 2.28. The Kier molecular flexibility index (Phi) is 5.20. The Bertz CT molecular complexity index is 674. The highest BCUT2D eigenvalue weighted by atomic mass is 16.7. The Hall–Kier alpha value is -2.30. The number of nitriles is 1. The molecule has 0 aromatic carbocycles. The van der Waals surface area contributed by atoms with Crippen LogP contribution in [-0.4, -0.2) is 62.6 Å². The molecule has 2 heterocycles. The third-order valence-corrected chi connectivity index (χ3v) is 3.34. The summed E-state index contributed by atoms with van der Waals surface area (Å²) in [5.41, 5.74) is 2.10. The first-order valence-corrected chi connectivity index (χ1v) is 6.96. The van der Waals surface area contributed by atoms with Crippen molar-refractivity contribution in [1.29, 1.82) is 5.26 Å². The van der Waals surface area contributed by atoms with Gasteiger partial charge in [0.15, 0.2) is 12.5 Å². The van der Waals surface area contributed by atoms with Crippen LogP contribution in [0.25, 0.3) is 5.52 Å². The number of pyridine rings is 1. The molecule has 0 saturated heterocycles. The van der Waals surface area contributed by atoms with Gasteiger partial charge in [-0.2, -0.15) is 10.4 Å². The Morgan fingerprint density at radius 2 is 2.09 bits per heavy atom. The van der Waals surface area contributed by atoms with Crippen LogP contribution < -0.4 is 9.64 Å². The summed E-state index contributed by atoms with van der Waals surface area (Å²) in [5, 5.41) is 13.4. The van der Waals surface area contributed by atoms with Crippen molar-refractivity contribution in [2.45, 2.75) is 0 Å². The molecule has 2 aromatic rings. The minimum atomic E-state index is 0.122. The van der Waals surface area contributed by atoms with Crippen molar-refractivity contribution in [1.82, 2.24) is 14.5 Å². The summed E-state index contributed by atoms with van der Waals surface area (Å²) in [7, 11) is 7.65. The van der Waals surface area contributed by atoms with Gasteiger partial charge in [0.25, 0.3) is 0 Å². The normalized spacial score (nSPS) is 10.9. The number of rotatable bonds is 7. The quantitative estimate of drug-likeness (QED) is 0.716. The van der Waals surface area contributed by atoms with Gasteiger partial charge in [-0.05, 0) is 14.1 Å². The molecule has 0 aliphatic rings. The number of fused-ring (bicyclic) bond motifs is 1. The van der Waals surface area contributed by atoms with Crippen LogP contribution in [0.4, 0.5) is 5.69 Å². The van der Waals surface area contributed by atoms with Gasteiger partial charge in [-0.25, -0.2) is 4.52 Å². The van der Waals surface area contributed by atoms with Crippen LogP contribution in [0.1, 0.15) is 5.56 Å². The third-order valence-electron chi connectivity index (χ3n) is 3.34. The molecule has 0 aliphatic carbocycles. The zero-order chi connectivity index (χ0) is 16.1. The van der Waals surface area contributed by atoms with Crippen LogP contribution >= 0.6 is 0 Å². The summed E-state index contributed by atoms with van der Waals surface area (Å²) in [6.45, 7) is 1.93. The molecule has 2 rings (SSSR count). The lowest BCUT2D eigenvalue weighted by Crippen LogP contribution is -2.28. The predicted octanol–water partition coefficient (Wildman–Crippen LogP) is 1.19. The highest BCUT2D eigenvalue weighted by Gasteiger charge is 2.14. The molecule has 2 aromatic heterocycles. The molecule has 0 spiro atoms. The molecule has 0 aliphatic heterocycles. The summed E-state index contributed by atoms with van der Waals surface area (Å²) in [5.74, 6) is 0.588. The molecule has 7 nitrogen and oxygen atoms in total. The molecule has 0 unspecified atom stereocenters. The molecule has 7 heteroatoms. The predicted molar refractivity (Wildman–Crippen MR) is 84.2 cm³/mol. The van der Waals surface area contributed by atoms with E-state index < -0.39 is 0 Å². The summed E-state index contributed by atoms with van der Waals surface area (Å²) in [4.78, 5) is 4.24. The fourth-order valence-electron chi connectivity index (χ4n) is 2.07. The summed E-state index contributed by atoms with van der Waals surface area (Å²) in [6, 6.07) is 4.04. The smallest absolute Gasteiger partial charge is 0.188 e. The summed E-state index contributed by atoms with van der Waals surface area (Å²) < 4.78 is 12.3. The standard InChI is InChI=1S/C15H21N5O2/c1-18(2)5-6-19(3)13-7-14(22-11-21-4)15-12(8-16)9-17-20(15)10-13/h7,9-10H,5-6,11H2,1-4H3. The first kappa shape index (κ1) is 16.1. The molecule has 22 heavy (non-hydrogen) atoms. The monoisotopic (exact) mass is 303 g/mol. The van der Waals surface area contributed by atoms with Crippen LogP contribution in [0, 0.1) is 11.3 Å². The zero-order valence-electron chi connectivity index (χ0n) is 13.4. The van der Waals surface area contributed by atoms with Gasteiger partial charge in [0.1, 0.15) is 17.1 Å². The number of methoxy groups -OCH3 is 1. The molecule has 0 atom stereocenters. The molecule has 0 N–H and O–H groups in total. The summed E-state index contributed by atoms with van der Waals surface area (Å²) in [6.07, 6.45) is 3.43. The van der Waals surface area contributed by atoms with E-state index in [1.165, 1.54) is 0 Å². The van der Waals surface area contributed by atoms with Crippen LogP contribution in [-0.2, 0) is 4.74 Å². The van der Waals surface area contributed by atoms with Gasteiger partial charge in [0.2, 0.25) is 0 Å². The van der Waals surface area contributed by atoms with E-state index in [0.717, 1.165) is 18.8 Å². The number of anilines is 1. The fourth-order valence-corrected chi connectivity index (χ4v) is 2.07. The third kappa shape index (κ3) is 3.47. The minimum Gasteiger partial charge on any atom is -0.465 e. The van der Waals surface area contributed by atoms with Gasteiger partial charge < -0.3 is 19.3 Å². The zero-order valence-corrected chi connectivity index (χ0v) is 13.4.